The summed E-state index contributed by atoms with van der Waals surface area (Å²) in [5.74, 6) is 0.475. The molecule has 1 aromatic carbocycles. The molecule has 0 saturated heterocycles. The molecule has 0 unspecified atom stereocenters. The zero-order valence-corrected chi connectivity index (χ0v) is 32.7. The third-order valence-electron chi connectivity index (χ3n) is 16.2. The average molecular weight is 701 g/mol. The van der Waals surface area contributed by atoms with Crippen molar-refractivity contribution in [2.24, 2.45) is 51.2 Å². The van der Waals surface area contributed by atoms with Gasteiger partial charge in [0.15, 0.2) is 0 Å². The van der Waals surface area contributed by atoms with E-state index >= 15 is 0 Å². The first-order chi connectivity index (χ1) is 23.8. The van der Waals surface area contributed by atoms with Gasteiger partial charge in [-0.3, -0.25) is 9.59 Å². The van der Waals surface area contributed by atoms with Crippen LogP contribution >= 0.6 is 0 Å². The lowest BCUT2D eigenvalue weighted by atomic mass is 9.33. The van der Waals surface area contributed by atoms with Crippen LogP contribution in [0.1, 0.15) is 128 Å². The van der Waals surface area contributed by atoms with Crippen molar-refractivity contribution in [3.63, 3.8) is 0 Å². The normalized spacial score (nSPS) is 38.1. The van der Waals surface area contributed by atoms with Gasteiger partial charge in [-0.05, 0) is 153 Å². The number of aliphatic carboxylic acids is 1. The molecule has 0 aliphatic heterocycles. The largest absolute Gasteiger partial charge is 0.481 e. The van der Waals surface area contributed by atoms with Crippen LogP contribution in [-0.2, 0) is 9.59 Å². The van der Waals surface area contributed by atoms with Crippen molar-refractivity contribution >= 4 is 23.4 Å². The zero-order valence-electron chi connectivity index (χ0n) is 32.7. The van der Waals surface area contributed by atoms with Crippen LogP contribution in [0.2, 0.25) is 0 Å². The lowest BCUT2D eigenvalue weighted by Gasteiger charge is -2.73. The van der Waals surface area contributed by atoms with Crippen LogP contribution in [0.4, 0.5) is 0 Å². The summed E-state index contributed by atoms with van der Waals surface area (Å²) in [6.07, 6.45) is 12.3. The van der Waals surface area contributed by atoms with Crippen molar-refractivity contribution in [3.05, 3.63) is 53.6 Å². The maximum atomic E-state index is 14.1. The number of benzene rings is 1. The monoisotopic (exact) mass is 700 g/mol. The second-order valence-corrected chi connectivity index (χ2v) is 19.0. The third kappa shape index (κ3) is 5.83. The van der Waals surface area contributed by atoms with Crippen LogP contribution in [-0.4, -0.2) is 70.6 Å². The van der Waals surface area contributed by atoms with E-state index in [1.165, 1.54) is 30.4 Å². The Balaban J connectivity index is 1.36. The quantitative estimate of drug-likeness (QED) is 0.237. The fraction of sp³-hybridized carbons (Fsp3) is 0.705. The minimum absolute atomic E-state index is 0.00719. The van der Waals surface area contributed by atoms with E-state index in [1.54, 1.807) is 12.1 Å². The first-order valence-electron chi connectivity index (χ1n) is 19.7. The topological polar surface area (TPSA) is 98.2 Å². The number of hydrogen-bond acceptors (Lipinski definition) is 4. The molecule has 0 aromatic heterocycles. The summed E-state index contributed by atoms with van der Waals surface area (Å²) in [5, 5.41) is 19.0. The van der Waals surface area contributed by atoms with Gasteiger partial charge in [0.05, 0.1) is 12.0 Å². The van der Waals surface area contributed by atoms with Crippen molar-refractivity contribution in [1.82, 2.24) is 9.80 Å². The van der Waals surface area contributed by atoms with Gasteiger partial charge >= 0.3 is 11.9 Å². The summed E-state index contributed by atoms with van der Waals surface area (Å²) in [6, 6.07) is 7.49. The molecule has 5 aliphatic rings. The highest BCUT2D eigenvalue weighted by molar-refractivity contribution is 5.88. The molecule has 6 rings (SSSR count). The highest BCUT2D eigenvalue weighted by Crippen LogP contribution is 2.77. The van der Waals surface area contributed by atoms with Crippen molar-refractivity contribution in [2.75, 3.05) is 27.2 Å². The summed E-state index contributed by atoms with van der Waals surface area (Å²) < 4.78 is 0. The summed E-state index contributed by atoms with van der Waals surface area (Å²) in [7, 11) is 4.11. The molecule has 0 spiro atoms. The smallest absolute Gasteiger partial charge is 0.335 e. The Hall–Kier alpha value is -2.93. The van der Waals surface area contributed by atoms with Crippen LogP contribution in [0.5, 0.6) is 0 Å². The van der Waals surface area contributed by atoms with Crippen LogP contribution in [0, 0.1) is 51.2 Å². The van der Waals surface area contributed by atoms with Crippen LogP contribution in [0.15, 0.2) is 42.5 Å². The molecular formula is C44H64N2O5. The number of fused-ring (bicyclic) bond motifs is 7. The van der Waals surface area contributed by atoms with E-state index in [1.807, 2.05) is 12.1 Å². The second-order valence-electron chi connectivity index (χ2n) is 19.0. The maximum Gasteiger partial charge on any atom is 0.335 e. The molecule has 7 nitrogen and oxygen atoms in total. The Morgan fingerprint density at radius 2 is 1.51 bits per heavy atom. The van der Waals surface area contributed by atoms with Crippen molar-refractivity contribution in [3.8, 4) is 0 Å². The summed E-state index contributed by atoms with van der Waals surface area (Å²) >= 11 is 0. The van der Waals surface area contributed by atoms with Gasteiger partial charge in [-0.25, -0.2) is 4.79 Å². The number of carbonyl (C=O) groups is 3. The molecule has 5 aliphatic carbocycles. The highest BCUT2D eigenvalue weighted by atomic mass is 16.4. The van der Waals surface area contributed by atoms with Crippen LogP contribution < -0.4 is 0 Å². The molecular weight excluding hydrogens is 636 g/mol. The third-order valence-corrected chi connectivity index (χ3v) is 16.2. The zero-order chi connectivity index (χ0) is 37.3. The summed E-state index contributed by atoms with van der Waals surface area (Å²) in [4.78, 5) is 41.6. The molecule has 280 valence electrons. The maximum absolute atomic E-state index is 14.1. The van der Waals surface area contributed by atoms with Gasteiger partial charge in [0, 0.05) is 25.0 Å². The first kappa shape index (κ1) is 37.8. The highest BCUT2D eigenvalue weighted by Gasteiger charge is 2.71. The van der Waals surface area contributed by atoms with E-state index in [2.05, 4.69) is 78.1 Å². The van der Waals surface area contributed by atoms with E-state index < -0.39 is 11.9 Å². The second kappa shape index (κ2) is 13.2. The van der Waals surface area contributed by atoms with E-state index in [4.69, 9.17) is 0 Å². The van der Waals surface area contributed by atoms with Crippen LogP contribution in [0.3, 0.4) is 0 Å². The van der Waals surface area contributed by atoms with Gasteiger partial charge in [0.1, 0.15) is 0 Å². The number of carbonyl (C=O) groups excluding carboxylic acids is 1. The molecule has 0 heterocycles. The van der Waals surface area contributed by atoms with E-state index in [-0.39, 0.29) is 45.9 Å². The molecule has 4 saturated carbocycles. The Morgan fingerprint density at radius 1 is 0.824 bits per heavy atom. The van der Waals surface area contributed by atoms with Gasteiger partial charge in [0.25, 0.3) is 0 Å². The van der Waals surface area contributed by atoms with E-state index in [0.717, 1.165) is 50.6 Å². The molecule has 1 amide bonds. The van der Waals surface area contributed by atoms with E-state index in [0.29, 0.717) is 41.7 Å². The van der Waals surface area contributed by atoms with Gasteiger partial charge in [0.2, 0.25) is 5.91 Å². The minimum atomic E-state index is -0.910. The number of likely N-dealkylation sites (N-methyl/N-ethyl adjacent to an activating group) is 1. The molecule has 0 bridgehead atoms. The Morgan fingerprint density at radius 3 is 2.12 bits per heavy atom. The van der Waals surface area contributed by atoms with Crippen molar-refractivity contribution in [2.45, 2.75) is 118 Å². The predicted octanol–water partition coefficient (Wildman–Crippen LogP) is 9.04. The number of nitrogens with zero attached hydrogens (tertiary/aromatic N) is 2. The summed E-state index contributed by atoms with van der Waals surface area (Å²) in [5.41, 5.74) is 4.19. The SMILES string of the molecule is C=C(C)[C@@H]1CC[C@]2(N(CCN(C)C)C(=O)CCC(=O)O)CC[C@]3(C)[C@H](CC[C@@H]4[C@@]5(C)CC=C(c6ccc(C(=O)O)cc6)C(C)(C)[C@@H]5CC[C@]43C)[C@@H]12. The Labute approximate surface area is 306 Å². The van der Waals surface area contributed by atoms with Gasteiger partial charge in [-0.2, -0.15) is 0 Å². The Bertz CT molecular complexity index is 1590. The van der Waals surface area contributed by atoms with Gasteiger partial charge in [-0.15, -0.1) is 0 Å². The number of carboxylic acid groups (broad SMARTS) is 2. The number of rotatable bonds is 10. The minimum Gasteiger partial charge on any atom is -0.481 e. The number of allylic oxidation sites excluding steroid dienone is 3. The van der Waals surface area contributed by atoms with Crippen LogP contribution in [0.25, 0.3) is 5.57 Å². The van der Waals surface area contributed by atoms with Gasteiger partial charge < -0.3 is 20.0 Å². The lowest BCUT2D eigenvalue weighted by Crippen LogP contribution is -2.69. The molecule has 2 N–H and O–H groups in total. The first-order valence-corrected chi connectivity index (χ1v) is 19.7. The Kier molecular flexibility index (Phi) is 9.77. The molecule has 7 heteroatoms. The van der Waals surface area contributed by atoms with E-state index in [9.17, 15) is 24.6 Å². The fourth-order valence-electron chi connectivity index (χ4n) is 13.7. The molecule has 4 fully saturated rings. The van der Waals surface area contributed by atoms with Crippen molar-refractivity contribution < 1.29 is 24.6 Å². The number of amides is 1. The fourth-order valence-corrected chi connectivity index (χ4v) is 13.7. The molecule has 0 radical (unpaired) electrons. The molecule has 51 heavy (non-hydrogen) atoms. The number of hydrogen-bond donors (Lipinski definition) is 2. The lowest BCUT2D eigenvalue weighted by molar-refractivity contribution is -0.227. The predicted molar refractivity (Wildman–Crippen MR) is 203 cm³/mol. The molecule has 1 aromatic rings. The number of carboxylic acids is 2. The summed E-state index contributed by atoms with van der Waals surface area (Å²) in [6.45, 7) is 20.9. The van der Waals surface area contributed by atoms with Crippen molar-refractivity contribution in [1.29, 1.82) is 0 Å². The average Bonchev–Trinajstić information content (AvgIpc) is 3.44. The molecule has 9 atom stereocenters. The standard InChI is InChI=1S/C44H64N2O5/c1-28(2)31-18-23-44(46(27-26-45(8)9)36(47)16-17-37(48)49)25-24-42(6)33(38(31)44)14-15-35-41(5)21-19-32(29-10-12-30(13-11-29)39(50)51)40(3,4)34(41)20-22-43(35,42)7/h10-13,19,31,33-35,38H,1,14-18,20-27H2,2-9H3,(H,48,49)(H,50,51)/t31-,33+,34-,35+,38+,41-,42+,43+,44-/m0/s1. The number of aromatic carboxylic acids is 1. The van der Waals surface area contributed by atoms with Gasteiger partial charge in [-0.1, -0.05) is 65.0 Å².